The number of H-pyrrole nitrogens is 1. The van der Waals surface area contributed by atoms with Gasteiger partial charge in [0.2, 0.25) is 5.96 Å². The van der Waals surface area contributed by atoms with Crippen LogP contribution in [0.2, 0.25) is 0 Å². The summed E-state index contributed by atoms with van der Waals surface area (Å²) in [7, 11) is 0. The van der Waals surface area contributed by atoms with E-state index in [1.165, 1.54) is 0 Å². The van der Waals surface area contributed by atoms with E-state index in [-0.39, 0.29) is 11.9 Å². The summed E-state index contributed by atoms with van der Waals surface area (Å²) in [6.07, 6.45) is 1.71. The van der Waals surface area contributed by atoms with Crippen molar-refractivity contribution in [1.29, 1.82) is 0 Å². The van der Waals surface area contributed by atoms with Gasteiger partial charge in [-0.05, 0) is 13.0 Å². The number of hydrogen-bond donors (Lipinski definition) is 4. The first-order valence-corrected chi connectivity index (χ1v) is 3.67. The maximum atomic E-state index is 5.40. The fraction of sp³-hybridized carbons (Fsp3) is 0.143. The molecule has 0 aromatic carbocycles. The van der Waals surface area contributed by atoms with E-state index in [9.17, 15) is 0 Å². The van der Waals surface area contributed by atoms with Crippen LogP contribution >= 0.6 is 0 Å². The molecule has 0 aliphatic heterocycles. The highest BCUT2D eigenvalue weighted by molar-refractivity contribution is 5.93. The number of nitrogens with zero attached hydrogens (tertiary/aromatic N) is 2. The normalized spacial score (nSPS) is 11.3. The maximum Gasteiger partial charge on any atom is 0.223 e. The molecule has 1 heterocycles. The quantitative estimate of drug-likeness (QED) is 0.346. The fourth-order valence-electron chi connectivity index (χ4n) is 0.847. The summed E-state index contributed by atoms with van der Waals surface area (Å²) in [5.41, 5.74) is 17.3. The highest BCUT2D eigenvalue weighted by atomic mass is 15.1. The summed E-state index contributed by atoms with van der Waals surface area (Å²) in [5, 5.41) is 0. The Labute approximate surface area is 75.5 Å². The minimum Gasteiger partial charge on any atom is -0.370 e. The largest absolute Gasteiger partial charge is 0.370 e. The highest BCUT2D eigenvalue weighted by Gasteiger charge is 1.94. The third-order valence-corrected chi connectivity index (χ3v) is 1.30. The average molecular weight is 180 g/mol. The molecular formula is C7H12N6. The summed E-state index contributed by atoms with van der Waals surface area (Å²) in [6, 6.07) is 1.83. The number of aryl methyl sites for hydroxylation is 1. The van der Waals surface area contributed by atoms with Crippen LogP contribution in [-0.2, 0) is 0 Å². The number of aromatic amines is 1. The monoisotopic (exact) mass is 180 g/mol. The molecular weight excluding hydrogens is 168 g/mol. The van der Waals surface area contributed by atoms with Crippen LogP contribution in [0.1, 0.15) is 5.69 Å². The number of nitrogens with one attached hydrogen (secondary N) is 1. The number of guanidine groups is 2. The van der Waals surface area contributed by atoms with Gasteiger partial charge >= 0.3 is 0 Å². The molecule has 7 N–H and O–H groups in total. The van der Waals surface area contributed by atoms with E-state index in [0.29, 0.717) is 5.69 Å². The Morgan fingerprint density at radius 1 is 1.38 bits per heavy atom. The summed E-state index contributed by atoms with van der Waals surface area (Å²) in [5.74, 6) is -0.0625. The zero-order valence-electron chi connectivity index (χ0n) is 7.28. The van der Waals surface area contributed by atoms with Crippen LogP contribution in [-0.4, -0.2) is 16.9 Å². The molecule has 0 unspecified atom stereocenters. The Hall–Kier alpha value is -1.98. The Bertz CT molecular complexity index is 344. The van der Waals surface area contributed by atoms with Crippen LogP contribution in [0.25, 0.3) is 0 Å². The number of nitrogens with two attached hydrogens (primary N) is 3. The first kappa shape index (κ1) is 9.11. The van der Waals surface area contributed by atoms with Crippen LogP contribution in [0.4, 0.5) is 5.69 Å². The van der Waals surface area contributed by atoms with Crippen molar-refractivity contribution in [3.63, 3.8) is 0 Å². The minimum atomic E-state index is -0.103. The van der Waals surface area contributed by atoms with Gasteiger partial charge in [-0.25, -0.2) is 4.99 Å². The molecule has 0 amide bonds. The topological polar surface area (TPSA) is 119 Å². The zero-order valence-corrected chi connectivity index (χ0v) is 7.28. The van der Waals surface area contributed by atoms with Crippen molar-refractivity contribution in [1.82, 2.24) is 4.98 Å². The first-order chi connectivity index (χ1) is 6.08. The molecule has 0 atom stereocenters. The van der Waals surface area contributed by atoms with Gasteiger partial charge in [-0.3, -0.25) is 0 Å². The Morgan fingerprint density at radius 2 is 2.08 bits per heavy atom. The molecule has 0 aliphatic carbocycles. The van der Waals surface area contributed by atoms with Crippen molar-refractivity contribution in [2.24, 2.45) is 27.2 Å². The van der Waals surface area contributed by atoms with Gasteiger partial charge < -0.3 is 22.2 Å². The second kappa shape index (κ2) is 3.61. The third-order valence-electron chi connectivity index (χ3n) is 1.30. The van der Waals surface area contributed by atoms with E-state index in [1.54, 1.807) is 6.20 Å². The van der Waals surface area contributed by atoms with Crippen LogP contribution in [0.15, 0.2) is 22.2 Å². The van der Waals surface area contributed by atoms with Gasteiger partial charge in [0.15, 0.2) is 5.96 Å². The van der Waals surface area contributed by atoms with Crippen molar-refractivity contribution in [3.8, 4) is 0 Å². The van der Waals surface area contributed by atoms with Crippen molar-refractivity contribution in [3.05, 3.63) is 18.0 Å². The number of aromatic nitrogens is 1. The van der Waals surface area contributed by atoms with Gasteiger partial charge in [0.05, 0.1) is 5.69 Å². The van der Waals surface area contributed by atoms with E-state index < -0.39 is 0 Å². The fourth-order valence-corrected chi connectivity index (χ4v) is 0.847. The molecule has 0 spiro atoms. The van der Waals surface area contributed by atoms with Gasteiger partial charge in [-0.15, -0.1) is 0 Å². The Balaban J connectivity index is 2.82. The predicted molar refractivity (Wildman–Crippen MR) is 52.6 cm³/mol. The van der Waals surface area contributed by atoms with Crippen molar-refractivity contribution in [2.75, 3.05) is 0 Å². The van der Waals surface area contributed by atoms with Crippen molar-refractivity contribution >= 4 is 17.6 Å². The number of rotatable bonds is 1. The number of hydrogen-bond acceptors (Lipinski definition) is 1. The SMILES string of the molecule is Cc1cc(N=C(N)N=C(N)N)c[nH]1. The Kier molecular flexibility index (Phi) is 2.53. The van der Waals surface area contributed by atoms with Crippen molar-refractivity contribution in [2.45, 2.75) is 6.92 Å². The van der Waals surface area contributed by atoms with Gasteiger partial charge in [-0.1, -0.05) is 0 Å². The van der Waals surface area contributed by atoms with E-state index in [2.05, 4.69) is 15.0 Å². The molecule has 0 saturated carbocycles. The van der Waals surface area contributed by atoms with E-state index >= 15 is 0 Å². The summed E-state index contributed by atoms with van der Waals surface area (Å²) >= 11 is 0. The van der Waals surface area contributed by atoms with Gasteiger partial charge in [0, 0.05) is 11.9 Å². The van der Waals surface area contributed by atoms with Crippen LogP contribution in [0.5, 0.6) is 0 Å². The van der Waals surface area contributed by atoms with Gasteiger partial charge in [0.25, 0.3) is 0 Å². The molecule has 0 bridgehead atoms. The average Bonchev–Trinajstić information content (AvgIpc) is 2.33. The minimum absolute atomic E-state index is 0.0407. The molecule has 1 aromatic rings. The molecule has 6 nitrogen and oxygen atoms in total. The first-order valence-electron chi connectivity index (χ1n) is 3.67. The van der Waals surface area contributed by atoms with Crippen LogP contribution in [0.3, 0.4) is 0 Å². The second-order valence-corrected chi connectivity index (χ2v) is 2.55. The predicted octanol–water partition coefficient (Wildman–Crippen LogP) is -0.457. The lowest BCUT2D eigenvalue weighted by Crippen LogP contribution is -2.26. The van der Waals surface area contributed by atoms with E-state index in [4.69, 9.17) is 17.2 Å². The molecule has 0 fully saturated rings. The summed E-state index contributed by atoms with van der Waals surface area (Å²) in [6.45, 7) is 1.91. The van der Waals surface area contributed by atoms with E-state index in [0.717, 1.165) is 5.69 Å². The smallest absolute Gasteiger partial charge is 0.223 e. The van der Waals surface area contributed by atoms with Gasteiger partial charge in [0.1, 0.15) is 0 Å². The lowest BCUT2D eigenvalue weighted by Gasteiger charge is -1.91. The Morgan fingerprint density at radius 3 is 2.54 bits per heavy atom. The third kappa shape index (κ3) is 2.86. The van der Waals surface area contributed by atoms with Crippen molar-refractivity contribution < 1.29 is 0 Å². The standard InChI is InChI=1S/C7H12N6/c1-4-2-5(3-11-4)12-7(10)13-6(8)9/h2-3,11H,1H3,(H6,8,9,10,12,13). The molecule has 0 radical (unpaired) electrons. The molecule has 6 heteroatoms. The van der Waals surface area contributed by atoms with E-state index in [1.807, 2.05) is 13.0 Å². The molecule has 1 rings (SSSR count). The highest BCUT2D eigenvalue weighted by Crippen LogP contribution is 2.11. The number of aliphatic imine (C=N–C) groups is 2. The molecule has 70 valence electrons. The summed E-state index contributed by atoms with van der Waals surface area (Å²) < 4.78 is 0. The molecule has 0 aliphatic rings. The maximum absolute atomic E-state index is 5.40. The molecule has 0 saturated heterocycles. The summed E-state index contributed by atoms with van der Waals surface area (Å²) in [4.78, 5) is 10.5. The van der Waals surface area contributed by atoms with Gasteiger partial charge in [-0.2, -0.15) is 4.99 Å². The lowest BCUT2D eigenvalue weighted by molar-refractivity contribution is 1.27. The van der Waals surface area contributed by atoms with Crippen LogP contribution in [0, 0.1) is 6.92 Å². The van der Waals surface area contributed by atoms with Crippen LogP contribution < -0.4 is 17.2 Å². The molecule has 1 aromatic heterocycles. The second-order valence-electron chi connectivity index (χ2n) is 2.55. The lowest BCUT2D eigenvalue weighted by atomic mass is 10.4. The zero-order chi connectivity index (χ0) is 9.84. The molecule has 13 heavy (non-hydrogen) atoms.